The molecule has 1 aromatic rings. The minimum atomic E-state index is -0.0620. The molecule has 5 nitrogen and oxygen atoms in total. The summed E-state index contributed by atoms with van der Waals surface area (Å²) in [6, 6.07) is 5.12. The zero-order chi connectivity index (χ0) is 22.3. The van der Waals surface area contributed by atoms with Crippen molar-refractivity contribution >= 4 is 46.7 Å². The Kier molecular flexibility index (Phi) is 9.30. The Morgan fingerprint density at radius 2 is 1.75 bits per heavy atom. The Morgan fingerprint density at radius 3 is 2.50 bits per heavy atom. The Hall–Kier alpha value is -0.660. The number of urea groups is 1. The van der Waals surface area contributed by atoms with Crippen LogP contribution in [-0.2, 0) is 0 Å². The number of nitrogens with zero attached hydrogens (tertiary/aromatic N) is 3. The van der Waals surface area contributed by atoms with Crippen LogP contribution in [0, 0.1) is 11.8 Å². The highest BCUT2D eigenvalue weighted by Gasteiger charge is 2.26. The van der Waals surface area contributed by atoms with Crippen molar-refractivity contribution in [1.29, 1.82) is 0 Å². The molecule has 3 fully saturated rings. The first-order valence-electron chi connectivity index (χ1n) is 12.1. The molecule has 1 atom stereocenters. The number of thioether (sulfide) groups is 1. The molecule has 0 unspecified atom stereocenters. The lowest BCUT2D eigenvalue weighted by atomic mass is 9.94. The summed E-state index contributed by atoms with van der Waals surface area (Å²) in [5, 5.41) is 3.89. The van der Waals surface area contributed by atoms with Gasteiger partial charge in [-0.25, -0.2) is 4.79 Å². The first-order valence-corrected chi connectivity index (χ1v) is 14.0. The van der Waals surface area contributed by atoms with Gasteiger partial charge in [-0.05, 0) is 86.7 Å². The number of amides is 2. The first kappa shape index (κ1) is 24.5. The summed E-state index contributed by atoms with van der Waals surface area (Å²) in [6.45, 7) is 8.41. The maximum atomic E-state index is 12.6. The number of halogens is 2. The van der Waals surface area contributed by atoms with Gasteiger partial charge in [0.15, 0.2) is 0 Å². The van der Waals surface area contributed by atoms with Crippen LogP contribution < -0.4 is 5.32 Å². The number of piperazine rings is 1. The summed E-state index contributed by atoms with van der Waals surface area (Å²) >= 11 is 14.1. The van der Waals surface area contributed by atoms with Crippen LogP contribution in [0.5, 0.6) is 0 Å². The van der Waals surface area contributed by atoms with Crippen molar-refractivity contribution in [2.24, 2.45) is 11.8 Å². The molecule has 178 valence electrons. The molecular weight excluding hydrogens is 463 g/mol. The van der Waals surface area contributed by atoms with Crippen LogP contribution in [0.4, 0.5) is 10.5 Å². The van der Waals surface area contributed by atoms with E-state index in [0.29, 0.717) is 15.7 Å². The lowest BCUT2D eigenvalue weighted by Gasteiger charge is -2.39. The SMILES string of the molecule is O=C(Nc1ccc(Cl)c(Cl)c1)N1CCN(C[C@@H]2CCCN(CCC3CCSCC3)C2)CC1. The van der Waals surface area contributed by atoms with E-state index in [4.69, 9.17) is 23.2 Å². The smallest absolute Gasteiger partial charge is 0.321 e. The maximum absolute atomic E-state index is 12.6. The fourth-order valence-corrected chi connectivity index (χ4v) is 6.68. The molecule has 0 spiro atoms. The van der Waals surface area contributed by atoms with Crippen molar-refractivity contribution in [3.8, 4) is 0 Å². The molecule has 4 rings (SSSR count). The molecule has 3 aliphatic heterocycles. The summed E-state index contributed by atoms with van der Waals surface area (Å²) in [4.78, 5) is 19.8. The molecule has 0 aromatic heterocycles. The molecule has 0 saturated carbocycles. The van der Waals surface area contributed by atoms with Crippen LogP contribution in [-0.4, -0.2) is 84.6 Å². The van der Waals surface area contributed by atoms with Crippen molar-refractivity contribution in [3.05, 3.63) is 28.2 Å². The molecule has 8 heteroatoms. The number of carbonyl (C=O) groups excluding carboxylic acids is 1. The van der Waals surface area contributed by atoms with E-state index >= 15 is 0 Å². The van der Waals surface area contributed by atoms with Gasteiger partial charge < -0.3 is 15.1 Å². The molecule has 3 saturated heterocycles. The van der Waals surface area contributed by atoms with E-state index in [9.17, 15) is 4.79 Å². The van der Waals surface area contributed by atoms with Gasteiger partial charge in [-0.1, -0.05) is 23.2 Å². The molecule has 0 radical (unpaired) electrons. The zero-order valence-corrected chi connectivity index (χ0v) is 21.2. The number of nitrogens with one attached hydrogen (secondary N) is 1. The van der Waals surface area contributed by atoms with Crippen LogP contribution in [0.25, 0.3) is 0 Å². The molecule has 32 heavy (non-hydrogen) atoms. The molecular formula is C24H36Cl2N4OS. The van der Waals surface area contributed by atoms with E-state index in [1.54, 1.807) is 18.2 Å². The average Bonchev–Trinajstić information content (AvgIpc) is 2.81. The second kappa shape index (κ2) is 12.2. The van der Waals surface area contributed by atoms with Gasteiger partial charge in [-0.3, -0.25) is 4.90 Å². The van der Waals surface area contributed by atoms with Crippen molar-refractivity contribution in [2.75, 3.05) is 69.2 Å². The summed E-state index contributed by atoms with van der Waals surface area (Å²) in [5.74, 6) is 4.46. The van der Waals surface area contributed by atoms with Crippen molar-refractivity contribution in [2.45, 2.75) is 32.1 Å². The van der Waals surface area contributed by atoms with E-state index in [1.165, 1.54) is 69.8 Å². The van der Waals surface area contributed by atoms with Crippen molar-refractivity contribution in [3.63, 3.8) is 0 Å². The van der Waals surface area contributed by atoms with Gasteiger partial charge in [0.05, 0.1) is 10.0 Å². The third kappa shape index (κ3) is 7.17. The summed E-state index contributed by atoms with van der Waals surface area (Å²) in [5.41, 5.74) is 0.682. The normalized spacial score (nSPS) is 23.9. The van der Waals surface area contributed by atoms with E-state index in [0.717, 1.165) is 38.0 Å². The second-order valence-electron chi connectivity index (χ2n) is 9.50. The Bertz CT molecular complexity index is 754. The van der Waals surface area contributed by atoms with E-state index in [-0.39, 0.29) is 6.03 Å². The van der Waals surface area contributed by atoms with Gasteiger partial charge >= 0.3 is 6.03 Å². The van der Waals surface area contributed by atoms with Crippen LogP contribution >= 0.6 is 35.0 Å². The number of piperidine rings is 1. The van der Waals surface area contributed by atoms with E-state index < -0.39 is 0 Å². The van der Waals surface area contributed by atoms with Gasteiger partial charge in [0.2, 0.25) is 0 Å². The Labute approximate surface area is 207 Å². The monoisotopic (exact) mass is 498 g/mol. The summed E-state index contributed by atoms with van der Waals surface area (Å²) in [7, 11) is 0. The van der Waals surface area contributed by atoms with Crippen LogP contribution in [0.2, 0.25) is 10.0 Å². The third-order valence-corrected chi connectivity index (χ3v) is 8.93. The minimum absolute atomic E-state index is 0.0620. The predicted octanol–water partition coefficient (Wildman–Crippen LogP) is 5.39. The number of hydrogen-bond donors (Lipinski definition) is 1. The third-order valence-electron chi connectivity index (χ3n) is 7.14. The van der Waals surface area contributed by atoms with Crippen LogP contribution in [0.1, 0.15) is 32.1 Å². The van der Waals surface area contributed by atoms with Gasteiger partial charge in [0.1, 0.15) is 0 Å². The van der Waals surface area contributed by atoms with Crippen LogP contribution in [0.15, 0.2) is 18.2 Å². The molecule has 2 amide bonds. The molecule has 1 N–H and O–H groups in total. The van der Waals surface area contributed by atoms with Gasteiger partial charge in [0, 0.05) is 45.0 Å². The molecule has 3 aliphatic rings. The highest BCUT2D eigenvalue weighted by molar-refractivity contribution is 7.99. The quantitative estimate of drug-likeness (QED) is 0.570. The predicted molar refractivity (Wildman–Crippen MR) is 137 cm³/mol. The van der Waals surface area contributed by atoms with E-state index in [1.807, 2.05) is 4.90 Å². The topological polar surface area (TPSA) is 38.8 Å². The maximum Gasteiger partial charge on any atom is 0.321 e. The standard InChI is InChI=1S/C24H36Cl2N4OS/c25-22-4-3-21(16-23(22)26)27-24(31)30-12-10-29(11-13-30)18-20-2-1-8-28(17-20)9-5-19-6-14-32-15-7-19/h3-4,16,19-20H,1-2,5-15,17-18H2,(H,27,31)/t20-/m1/s1. The van der Waals surface area contributed by atoms with Crippen molar-refractivity contribution in [1.82, 2.24) is 14.7 Å². The number of hydrogen-bond acceptors (Lipinski definition) is 4. The fourth-order valence-electron chi connectivity index (χ4n) is 5.18. The molecule has 3 heterocycles. The number of rotatable bonds is 6. The number of carbonyl (C=O) groups is 1. The Balaban J connectivity index is 1.16. The van der Waals surface area contributed by atoms with Gasteiger partial charge in [-0.2, -0.15) is 11.8 Å². The number of anilines is 1. The lowest BCUT2D eigenvalue weighted by molar-refractivity contribution is 0.0983. The second-order valence-corrected chi connectivity index (χ2v) is 11.5. The fraction of sp³-hybridized carbons (Fsp3) is 0.708. The van der Waals surface area contributed by atoms with E-state index in [2.05, 4.69) is 26.9 Å². The minimum Gasteiger partial charge on any atom is -0.322 e. The Morgan fingerprint density at radius 1 is 0.969 bits per heavy atom. The van der Waals surface area contributed by atoms with Gasteiger partial charge in [0.25, 0.3) is 0 Å². The first-order chi connectivity index (χ1) is 15.6. The lowest BCUT2D eigenvalue weighted by Crippen LogP contribution is -2.52. The number of benzene rings is 1. The largest absolute Gasteiger partial charge is 0.322 e. The summed E-state index contributed by atoms with van der Waals surface area (Å²) in [6.07, 6.45) is 6.90. The average molecular weight is 500 g/mol. The van der Waals surface area contributed by atoms with Crippen LogP contribution in [0.3, 0.4) is 0 Å². The van der Waals surface area contributed by atoms with Gasteiger partial charge in [-0.15, -0.1) is 0 Å². The molecule has 1 aromatic carbocycles. The van der Waals surface area contributed by atoms with Crippen molar-refractivity contribution < 1.29 is 4.79 Å². The number of likely N-dealkylation sites (tertiary alicyclic amines) is 1. The molecule has 0 bridgehead atoms. The zero-order valence-electron chi connectivity index (χ0n) is 18.9. The molecule has 0 aliphatic carbocycles. The summed E-state index contributed by atoms with van der Waals surface area (Å²) < 4.78 is 0. The highest BCUT2D eigenvalue weighted by atomic mass is 35.5. The highest BCUT2D eigenvalue weighted by Crippen LogP contribution is 2.27.